The van der Waals surface area contributed by atoms with Crippen LogP contribution in [0.4, 0.5) is 4.39 Å². The van der Waals surface area contributed by atoms with E-state index in [1.54, 1.807) is 6.92 Å². The second kappa shape index (κ2) is 7.73. The predicted molar refractivity (Wildman–Crippen MR) is 104 cm³/mol. The molecule has 1 aromatic carbocycles. The first-order valence-corrected chi connectivity index (χ1v) is 11.3. The van der Waals surface area contributed by atoms with Crippen molar-refractivity contribution in [1.82, 2.24) is 10.3 Å². The van der Waals surface area contributed by atoms with E-state index in [1.807, 2.05) is 0 Å². The summed E-state index contributed by atoms with van der Waals surface area (Å²) < 4.78 is 52.4. The standard InChI is InChI=1S/C18H21FN2O6S2/c1-17(2,27-29(4,23)24)21-15(22)13-14(11-5-7-12(19)8-6-11)28-16(20-13)18(3)25-9-10-26-18/h5-8H,9-10H2,1-4H3,(H,21,22). The topological polar surface area (TPSA) is 104 Å². The summed E-state index contributed by atoms with van der Waals surface area (Å²) in [6.45, 7) is 5.28. The Hall–Kier alpha value is -1.92. The first-order valence-electron chi connectivity index (χ1n) is 8.67. The number of halogens is 1. The Morgan fingerprint density at radius 3 is 2.41 bits per heavy atom. The number of amides is 1. The van der Waals surface area contributed by atoms with Crippen molar-refractivity contribution >= 4 is 27.4 Å². The molecule has 1 aliphatic heterocycles. The lowest BCUT2D eigenvalue weighted by molar-refractivity contribution is -0.149. The van der Waals surface area contributed by atoms with Gasteiger partial charge < -0.3 is 14.8 Å². The molecule has 11 heteroatoms. The molecule has 8 nitrogen and oxygen atoms in total. The second-order valence-corrected chi connectivity index (χ2v) is 9.67. The van der Waals surface area contributed by atoms with Gasteiger partial charge in [0.1, 0.15) is 11.5 Å². The first-order chi connectivity index (χ1) is 13.4. The third kappa shape index (κ3) is 5.17. The lowest BCUT2D eigenvalue weighted by Gasteiger charge is -2.24. The molecule has 1 amide bonds. The molecule has 1 saturated heterocycles. The molecule has 3 rings (SSSR count). The Labute approximate surface area is 172 Å². The van der Waals surface area contributed by atoms with Crippen LogP contribution in [0.3, 0.4) is 0 Å². The number of aromatic nitrogens is 1. The van der Waals surface area contributed by atoms with Crippen molar-refractivity contribution < 1.29 is 31.3 Å². The third-order valence-electron chi connectivity index (χ3n) is 3.95. The van der Waals surface area contributed by atoms with Crippen molar-refractivity contribution in [3.8, 4) is 10.4 Å². The predicted octanol–water partition coefficient (Wildman–Crippen LogP) is 2.61. The van der Waals surface area contributed by atoms with Crippen LogP contribution in [-0.2, 0) is 29.6 Å². The summed E-state index contributed by atoms with van der Waals surface area (Å²) >= 11 is 1.18. The highest BCUT2D eigenvalue weighted by Crippen LogP contribution is 2.39. The molecule has 29 heavy (non-hydrogen) atoms. The molecule has 0 saturated carbocycles. The summed E-state index contributed by atoms with van der Waals surface area (Å²) in [7, 11) is -3.81. The Kier molecular flexibility index (Phi) is 5.80. The van der Waals surface area contributed by atoms with Crippen LogP contribution in [0.1, 0.15) is 36.3 Å². The zero-order valence-corrected chi connectivity index (χ0v) is 17.9. The van der Waals surface area contributed by atoms with Gasteiger partial charge in [0.05, 0.1) is 24.3 Å². The molecule has 2 heterocycles. The van der Waals surface area contributed by atoms with Crippen LogP contribution in [0.2, 0.25) is 0 Å². The molecule has 1 N–H and O–H groups in total. The quantitative estimate of drug-likeness (QED) is 0.539. The fraction of sp³-hybridized carbons (Fsp3) is 0.444. The second-order valence-electron chi connectivity index (χ2n) is 7.10. The van der Waals surface area contributed by atoms with Crippen molar-refractivity contribution in [2.24, 2.45) is 0 Å². The minimum Gasteiger partial charge on any atom is -0.342 e. The molecule has 0 bridgehead atoms. The molecular weight excluding hydrogens is 423 g/mol. The lowest BCUT2D eigenvalue weighted by Crippen LogP contribution is -2.47. The fourth-order valence-electron chi connectivity index (χ4n) is 2.84. The van der Waals surface area contributed by atoms with E-state index in [1.165, 1.54) is 49.4 Å². The highest BCUT2D eigenvalue weighted by molar-refractivity contribution is 7.86. The van der Waals surface area contributed by atoms with Gasteiger partial charge in [0, 0.05) is 0 Å². The number of benzene rings is 1. The number of thiazole rings is 1. The number of ether oxygens (including phenoxy) is 2. The van der Waals surface area contributed by atoms with Crippen LogP contribution < -0.4 is 5.32 Å². The molecule has 1 fully saturated rings. The summed E-state index contributed by atoms with van der Waals surface area (Å²) in [5.74, 6) is -2.17. The number of carbonyl (C=O) groups excluding carboxylic acids is 1. The van der Waals surface area contributed by atoms with Crippen molar-refractivity contribution in [3.05, 3.63) is 40.8 Å². The van der Waals surface area contributed by atoms with E-state index in [2.05, 4.69) is 10.3 Å². The maximum Gasteiger partial charge on any atom is 0.273 e. The number of hydrogen-bond donors (Lipinski definition) is 1. The summed E-state index contributed by atoms with van der Waals surface area (Å²) in [6, 6.07) is 5.61. The average molecular weight is 445 g/mol. The molecule has 158 valence electrons. The van der Waals surface area contributed by atoms with Crippen molar-refractivity contribution in [3.63, 3.8) is 0 Å². The van der Waals surface area contributed by atoms with E-state index in [9.17, 15) is 17.6 Å². The van der Waals surface area contributed by atoms with Crippen LogP contribution in [0.5, 0.6) is 0 Å². The number of nitrogens with one attached hydrogen (secondary N) is 1. The fourth-order valence-corrected chi connectivity index (χ4v) is 4.76. The molecule has 0 radical (unpaired) electrons. The number of carbonyl (C=O) groups is 1. The Bertz CT molecular complexity index is 1010. The van der Waals surface area contributed by atoms with Crippen molar-refractivity contribution in [2.45, 2.75) is 32.3 Å². The zero-order chi connectivity index (χ0) is 21.4. The molecule has 1 aliphatic rings. The van der Waals surface area contributed by atoms with E-state index in [-0.39, 0.29) is 5.69 Å². The van der Waals surface area contributed by atoms with E-state index < -0.39 is 33.4 Å². The number of hydrogen-bond acceptors (Lipinski definition) is 8. The summed E-state index contributed by atoms with van der Waals surface area (Å²) in [5, 5.41) is 2.93. The molecule has 0 aliphatic carbocycles. The Morgan fingerprint density at radius 2 is 1.86 bits per heavy atom. The third-order valence-corrected chi connectivity index (χ3v) is 5.96. The van der Waals surface area contributed by atoms with Crippen LogP contribution in [-0.4, -0.2) is 44.5 Å². The summed E-state index contributed by atoms with van der Waals surface area (Å²) in [6.07, 6.45) is 0.890. The minimum absolute atomic E-state index is 0.0297. The van der Waals surface area contributed by atoms with Gasteiger partial charge in [-0.2, -0.15) is 8.42 Å². The maximum absolute atomic E-state index is 13.3. The molecular formula is C18H21FN2O6S2. The van der Waals surface area contributed by atoms with Gasteiger partial charge in [-0.25, -0.2) is 13.6 Å². The SMILES string of the molecule is CC(C)(NC(=O)c1nc(C2(C)OCCO2)sc1-c1ccc(F)cc1)OS(C)(=O)=O. The summed E-state index contributed by atoms with van der Waals surface area (Å²) in [5.41, 5.74) is -0.899. The molecule has 0 unspecified atom stereocenters. The van der Waals surface area contributed by atoms with E-state index in [0.29, 0.717) is 28.7 Å². The van der Waals surface area contributed by atoms with Gasteiger partial charge in [-0.15, -0.1) is 11.3 Å². The van der Waals surface area contributed by atoms with Gasteiger partial charge in [-0.1, -0.05) is 12.1 Å². The lowest BCUT2D eigenvalue weighted by atomic mass is 10.1. The smallest absolute Gasteiger partial charge is 0.273 e. The Morgan fingerprint density at radius 1 is 1.28 bits per heavy atom. The molecule has 0 spiro atoms. The molecule has 0 atom stereocenters. The van der Waals surface area contributed by atoms with Gasteiger partial charge in [0.2, 0.25) is 5.79 Å². The maximum atomic E-state index is 13.3. The van der Waals surface area contributed by atoms with Gasteiger partial charge in [-0.3, -0.25) is 4.79 Å². The van der Waals surface area contributed by atoms with E-state index >= 15 is 0 Å². The van der Waals surface area contributed by atoms with Gasteiger partial charge in [0.25, 0.3) is 16.0 Å². The first kappa shape index (κ1) is 21.8. The summed E-state index contributed by atoms with van der Waals surface area (Å²) in [4.78, 5) is 17.8. The molecule has 1 aromatic heterocycles. The van der Waals surface area contributed by atoms with Crippen LogP contribution in [0.25, 0.3) is 10.4 Å². The normalized spacial score (nSPS) is 16.7. The minimum atomic E-state index is -3.81. The Balaban J connectivity index is 2.00. The van der Waals surface area contributed by atoms with Crippen molar-refractivity contribution in [1.29, 1.82) is 0 Å². The average Bonchev–Trinajstić information content (AvgIpc) is 3.20. The highest BCUT2D eigenvalue weighted by Gasteiger charge is 2.39. The monoisotopic (exact) mass is 444 g/mol. The number of nitrogens with zero attached hydrogens (tertiary/aromatic N) is 1. The van der Waals surface area contributed by atoms with Gasteiger partial charge in [0.15, 0.2) is 10.7 Å². The van der Waals surface area contributed by atoms with Gasteiger partial charge in [-0.05, 0) is 38.5 Å². The number of rotatable bonds is 6. The van der Waals surface area contributed by atoms with Crippen LogP contribution in [0, 0.1) is 5.82 Å². The van der Waals surface area contributed by atoms with Gasteiger partial charge >= 0.3 is 0 Å². The zero-order valence-electron chi connectivity index (χ0n) is 16.3. The van der Waals surface area contributed by atoms with Crippen LogP contribution >= 0.6 is 11.3 Å². The van der Waals surface area contributed by atoms with Crippen molar-refractivity contribution in [2.75, 3.05) is 19.5 Å². The highest BCUT2D eigenvalue weighted by atomic mass is 32.2. The molecule has 2 aromatic rings. The van der Waals surface area contributed by atoms with E-state index in [0.717, 1.165) is 6.26 Å². The largest absolute Gasteiger partial charge is 0.342 e. The van der Waals surface area contributed by atoms with E-state index in [4.69, 9.17) is 13.7 Å². The van der Waals surface area contributed by atoms with Crippen LogP contribution in [0.15, 0.2) is 24.3 Å².